The third-order valence-electron chi connectivity index (χ3n) is 5.67. The van der Waals surface area contributed by atoms with E-state index in [0.717, 1.165) is 69.9 Å². The van der Waals surface area contributed by atoms with Crippen LogP contribution in [0.2, 0.25) is 0 Å². The predicted octanol–water partition coefficient (Wildman–Crippen LogP) is 1.80. The van der Waals surface area contributed by atoms with Crippen LogP contribution in [0.3, 0.4) is 0 Å². The van der Waals surface area contributed by atoms with Gasteiger partial charge in [0.05, 0.1) is 17.8 Å². The second-order valence-corrected chi connectivity index (χ2v) is 7.54. The Labute approximate surface area is 160 Å². The summed E-state index contributed by atoms with van der Waals surface area (Å²) >= 11 is 0. The molecule has 27 heavy (non-hydrogen) atoms. The van der Waals surface area contributed by atoms with E-state index in [4.69, 9.17) is 0 Å². The second-order valence-electron chi connectivity index (χ2n) is 7.54. The van der Waals surface area contributed by atoms with Crippen molar-refractivity contribution in [2.45, 2.75) is 26.2 Å². The molecule has 2 aromatic rings. The van der Waals surface area contributed by atoms with Gasteiger partial charge < -0.3 is 9.80 Å². The monoisotopic (exact) mass is 368 g/mol. The van der Waals surface area contributed by atoms with Crippen LogP contribution in [0.15, 0.2) is 24.7 Å². The lowest BCUT2D eigenvalue weighted by atomic mass is 9.95. The first-order valence-corrected chi connectivity index (χ1v) is 10.1. The van der Waals surface area contributed by atoms with E-state index in [0.29, 0.717) is 11.6 Å². The lowest BCUT2D eigenvalue weighted by molar-refractivity contribution is -0.137. The van der Waals surface area contributed by atoms with Crippen molar-refractivity contribution in [3.05, 3.63) is 24.7 Å². The number of hydrogen-bond donors (Lipinski definition) is 0. The van der Waals surface area contributed by atoms with Gasteiger partial charge in [0.15, 0.2) is 5.65 Å². The van der Waals surface area contributed by atoms with Gasteiger partial charge in [-0.05, 0) is 31.9 Å². The average Bonchev–Trinajstić information content (AvgIpc) is 2.74. The van der Waals surface area contributed by atoms with Gasteiger partial charge in [0.1, 0.15) is 5.52 Å². The fourth-order valence-corrected chi connectivity index (χ4v) is 4.20. The molecule has 0 unspecified atom stereocenters. The maximum Gasteiger partial charge on any atom is 0.227 e. The van der Waals surface area contributed by atoms with E-state index in [9.17, 15) is 4.79 Å². The number of fused-ring (bicyclic) bond motifs is 1. The Hall–Kier alpha value is -2.28. The van der Waals surface area contributed by atoms with E-state index < -0.39 is 0 Å². The minimum atomic E-state index is 0.0778. The first kappa shape index (κ1) is 18.1. The van der Waals surface area contributed by atoms with Crippen LogP contribution in [0.25, 0.3) is 11.2 Å². The Morgan fingerprint density at radius 1 is 1.11 bits per heavy atom. The van der Waals surface area contributed by atoms with Gasteiger partial charge in [-0.2, -0.15) is 0 Å². The Kier molecular flexibility index (Phi) is 5.48. The van der Waals surface area contributed by atoms with Gasteiger partial charge in [0.25, 0.3) is 0 Å². The van der Waals surface area contributed by atoms with E-state index in [1.165, 1.54) is 6.42 Å². The highest BCUT2D eigenvalue weighted by Gasteiger charge is 2.31. The van der Waals surface area contributed by atoms with E-state index in [1.807, 2.05) is 12.3 Å². The third-order valence-corrected chi connectivity index (χ3v) is 5.67. The summed E-state index contributed by atoms with van der Waals surface area (Å²) in [6, 6.07) is 2.03. The zero-order valence-corrected chi connectivity index (χ0v) is 16.0. The topological polar surface area (TPSA) is 65.5 Å². The van der Waals surface area contributed by atoms with Crippen LogP contribution in [-0.4, -0.2) is 76.5 Å². The lowest BCUT2D eigenvalue weighted by Gasteiger charge is -2.39. The van der Waals surface area contributed by atoms with Gasteiger partial charge in [0.2, 0.25) is 5.91 Å². The average molecular weight is 368 g/mol. The van der Waals surface area contributed by atoms with Crippen LogP contribution in [-0.2, 0) is 4.79 Å². The van der Waals surface area contributed by atoms with Crippen molar-refractivity contribution >= 4 is 22.8 Å². The molecule has 144 valence electrons. The number of piperazine rings is 1. The number of rotatable bonds is 4. The molecule has 4 heterocycles. The molecule has 0 bridgehead atoms. The number of nitrogens with zero attached hydrogens (tertiary/aromatic N) is 6. The van der Waals surface area contributed by atoms with Crippen molar-refractivity contribution in [2.24, 2.45) is 5.92 Å². The molecule has 7 heteroatoms. The Bertz CT molecular complexity index is 789. The highest BCUT2D eigenvalue weighted by molar-refractivity contribution is 5.80. The molecule has 7 nitrogen and oxygen atoms in total. The summed E-state index contributed by atoms with van der Waals surface area (Å²) in [6.07, 6.45) is 8.39. The first-order valence-electron chi connectivity index (χ1n) is 10.1. The van der Waals surface area contributed by atoms with Gasteiger partial charge in [-0.1, -0.05) is 6.92 Å². The maximum atomic E-state index is 13.0. The predicted molar refractivity (Wildman–Crippen MR) is 106 cm³/mol. The van der Waals surface area contributed by atoms with Crippen LogP contribution in [0.4, 0.5) is 5.69 Å². The number of carbonyl (C=O) groups is 1. The van der Waals surface area contributed by atoms with Gasteiger partial charge in [-0.3, -0.25) is 14.7 Å². The summed E-state index contributed by atoms with van der Waals surface area (Å²) in [5.74, 6) is 0.401. The van der Waals surface area contributed by atoms with Gasteiger partial charge in [0, 0.05) is 51.7 Å². The normalized spacial score (nSPS) is 21.6. The molecule has 0 spiro atoms. The summed E-state index contributed by atoms with van der Waals surface area (Å²) in [5.41, 5.74) is 2.50. The summed E-state index contributed by atoms with van der Waals surface area (Å²) in [7, 11) is 0. The van der Waals surface area contributed by atoms with E-state index in [2.05, 4.69) is 36.6 Å². The van der Waals surface area contributed by atoms with Crippen LogP contribution in [0.1, 0.15) is 26.2 Å². The number of pyridine rings is 1. The van der Waals surface area contributed by atoms with Crippen molar-refractivity contribution < 1.29 is 4.79 Å². The number of aromatic nitrogens is 3. The minimum absolute atomic E-state index is 0.0778. The first-order chi connectivity index (χ1) is 13.2. The Morgan fingerprint density at radius 2 is 1.93 bits per heavy atom. The van der Waals surface area contributed by atoms with Gasteiger partial charge >= 0.3 is 0 Å². The molecule has 1 atom stereocenters. The summed E-state index contributed by atoms with van der Waals surface area (Å²) in [4.78, 5) is 32.9. The smallest absolute Gasteiger partial charge is 0.227 e. The number of hydrogen-bond acceptors (Lipinski definition) is 6. The highest BCUT2D eigenvalue weighted by atomic mass is 16.2. The van der Waals surface area contributed by atoms with Gasteiger partial charge in [-0.25, -0.2) is 9.97 Å². The molecular formula is C20H28N6O. The molecule has 0 aliphatic carbocycles. The zero-order valence-electron chi connectivity index (χ0n) is 16.0. The van der Waals surface area contributed by atoms with E-state index in [1.54, 1.807) is 12.4 Å². The quantitative estimate of drug-likeness (QED) is 0.820. The number of anilines is 1. The Morgan fingerprint density at radius 3 is 2.74 bits per heavy atom. The fourth-order valence-electron chi connectivity index (χ4n) is 4.20. The van der Waals surface area contributed by atoms with Crippen LogP contribution >= 0.6 is 0 Å². The summed E-state index contributed by atoms with van der Waals surface area (Å²) in [6.45, 7) is 8.80. The summed E-state index contributed by atoms with van der Waals surface area (Å²) in [5, 5.41) is 0. The summed E-state index contributed by atoms with van der Waals surface area (Å²) < 4.78 is 0. The lowest BCUT2D eigenvalue weighted by Crippen LogP contribution is -2.52. The SMILES string of the molecule is CCCN1CCN(C(=O)[C@H]2CCCN(c3cnc4nccnc4c3)C2)CC1. The minimum Gasteiger partial charge on any atom is -0.369 e. The van der Waals surface area contributed by atoms with Crippen molar-refractivity contribution in [2.75, 3.05) is 50.7 Å². The molecular weight excluding hydrogens is 340 g/mol. The van der Waals surface area contributed by atoms with Crippen LogP contribution < -0.4 is 4.90 Å². The van der Waals surface area contributed by atoms with Gasteiger partial charge in [-0.15, -0.1) is 0 Å². The molecule has 0 aromatic carbocycles. The molecule has 1 amide bonds. The number of amides is 1. The molecule has 4 rings (SSSR count). The number of piperidine rings is 1. The standard InChI is InChI=1S/C20H28N6O/c1-2-7-24-9-11-25(12-10-24)20(27)16-4-3-8-26(15-16)17-13-18-19(23-14-17)22-6-5-21-18/h5-6,13-14,16H,2-4,7-12,15H2,1H3/t16-/m0/s1. The van der Waals surface area contributed by atoms with Crippen molar-refractivity contribution in [1.82, 2.24) is 24.8 Å². The molecule has 0 radical (unpaired) electrons. The molecule has 2 aliphatic heterocycles. The molecule has 2 aliphatic rings. The molecule has 2 saturated heterocycles. The van der Waals surface area contributed by atoms with Crippen molar-refractivity contribution in [3.63, 3.8) is 0 Å². The largest absolute Gasteiger partial charge is 0.369 e. The van der Waals surface area contributed by atoms with E-state index in [-0.39, 0.29) is 5.92 Å². The molecule has 0 N–H and O–H groups in total. The molecule has 2 aromatic heterocycles. The van der Waals surface area contributed by atoms with Crippen LogP contribution in [0, 0.1) is 5.92 Å². The van der Waals surface area contributed by atoms with Crippen LogP contribution in [0.5, 0.6) is 0 Å². The fraction of sp³-hybridized carbons (Fsp3) is 0.600. The molecule has 2 fully saturated rings. The third kappa shape index (κ3) is 4.03. The second kappa shape index (κ2) is 8.17. The Balaban J connectivity index is 1.40. The number of carbonyl (C=O) groups excluding carboxylic acids is 1. The highest BCUT2D eigenvalue weighted by Crippen LogP contribution is 2.25. The van der Waals surface area contributed by atoms with Crippen molar-refractivity contribution in [3.8, 4) is 0 Å². The van der Waals surface area contributed by atoms with Crippen molar-refractivity contribution in [1.29, 1.82) is 0 Å². The molecule has 0 saturated carbocycles. The maximum absolute atomic E-state index is 13.0. The zero-order chi connectivity index (χ0) is 18.6. The van der Waals surface area contributed by atoms with E-state index >= 15 is 0 Å².